The Kier molecular flexibility index (Phi) is 12.1. The molecule has 1 saturated heterocycles. The van der Waals surface area contributed by atoms with E-state index in [-0.39, 0.29) is 62.1 Å². The molecule has 4 atom stereocenters. The Morgan fingerprint density at radius 2 is 1.54 bits per heavy atom. The van der Waals surface area contributed by atoms with E-state index in [9.17, 15) is 24.4 Å². The fourth-order valence-electron chi connectivity index (χ4n) is 5.15. The van der Waals surface area contributed by atoms with Crippen LogP contribution in [0.4, 0.5) is 5.95 Å². The second-order valence-electron chi connectivity index (χ2n) is 11.6. The van der Waals surface area contributed by atoms with E-state index in [1.165, 1.54) is 24.9 Å². The molecule has 0 saturated carbocycles. The predicted octanol–water partition coefficient (Wildman–Crippen LogP) is 2.00. The van der Waals surface area contributed by atoms with Crippen molar-refractivity contribution in [2.24, 2.45) is 0 Å². The van der Waals surface area contributed by atoms with E-state index < -0.39 is 50.3 Å². The monoisotopic (exact) mass is 713 g/mol. The molecule has 5 rings (SSSR count). The van der Waals surface area contributed by atoms with Gasteiger partial charge in [-0.3, -0.25) is 18.7 Å². The second kappa shape index (κ2) is 16.5. The van der Waals surface area contributed by atoms with Crippen LogP contribution in [0, 0.1) is 0 Å². The number of nitrogens with two attached hydrogens (primary N) is 1. The molecule has 0 radical (unpaired) electrons. The quantitative estimate of drug-likeness (QED) is 0.0778. The number of aliphatic hydroxyl groups excluding tert-OH is 1. The normalized spacial score (nSPS) is 20.5. The van der Waals surface area contributed by atoms with Gasteiger partial charge in [0, 0.05) is 13.1 Å². The van der Waals surface area contributed by atoms with Crippen LogP contribution in [-0.2, 0) is 46.1 Å². The molecule has 18 heteroatoms. The predicted molar refractivity (Wildman–Crippen MR) is 178 cm³/mol. The molecular formula is C32H40N7O10P. The molecule has 4 aromatic rings. The number of anilines is 1. The Balaban J connectivity index is 1.22. The number of nitrogen functional groups attached to an aromatic ring is 1. The number of rotatable bonds is 17. The van der Waals surface area contributed by atoms with E-state index in [0.717, 1.165) is 11.1 Å². The van der Waals surface area contributed by atoms with Gasteiger partial charge in [0.05, 0.1) is 32.9 Å². The minimum absolute atomic E-state index is 0.0762. The number of benzene rings is 2. The lowest BCUT2D eigenvalue weighted by Crippen LogP contribution is -2.44. The average molecular weight is 714 g/mol. The number of esters is 2. The summed E-state index contributed by atoms with van der Waals surface area (Å²) in [5, 5.41) is 27.8. The third-order valence-corrected chi connectivity index (χ3v) is 9.60. The fraction of sp³-hybridized carbons (Fsp3) is 0.406. The first-order valence-electron chi connectivity index (χ1n) is 15.7. The molecule has 3 heterocycles. The van der Waals surface area contributed by atoms with Gasteiger partial charge in [0.1, 0.15) is 31.0 Å². The number of fused-ring (bicyclic) bond motifs is 1. The number of carbonyl (C=O) groups excluding carboxylic acids is 2. The standard InChI is InChI=1S/C32H40N7O10P/c1-32(43)27(42)23(49-30(32)39-20-34-26-28(39)37-31(33)38-29(26)45-2)19-48-50(44,35-15-13-24(40)46-17-21-9-5-3-6-10-21)36-16-14-25(41)47-18-22-11-7-4-8-12-22/h3-12,20,23,27,30,42-43H,13-19H2,1-2H3,(H2,33,37,38)(H2,35,36,44)/t23-,27-,30?,32-/m1/s1. The Morgan fingerprint density at radius 1 is 0.980 bits per heavy atom. The van der Waals surface area contributed by atoms with Crippen LogP contribution in [-0.4, -0.2) is 86.3 Å². The van der Waals surface area contributed by atoms with Crippen LogP contribution in [0.3, 0.4) is 0 Å². The number of methoxy groups -OCH3 is 1. The number of ether oxygens (including phenoxy) is 4. The number of aromatic nitrogens is 4. The molecule has 50 heavy (non-hydrogen) atoms. The third-order valence-electron chi connectivity index (χ3n) is 7.81. The summed E-state index contributed by atoms with van der Waals surface area (Å²) in [4.78, 5) is 37.2. The number of aliphatic hydroxyl groups is 2. The van der Waals surface area contributed by atoms with Crippen molar-refractivity contribution in [1.29, 1.82) is 0 Å². The van der Waals surface area contributed by atoms with Gasteiger partial charge in [-0.2, -0.15) is 9.97 Å². The van der Waals surface area contributed by atoms with Gasteiger partial charge in [-0.25, -0.2) is 15.2 Å². The van der Waals surface area contributed by atoms with Crippen molar-refractivity contribution in [2.75, 3.05) is 32.5 Å². The smallest absolute Gasteiger partial charge is 0.340 e. The summed E-state index contributed by atoms with van der Waals surface area (Å²) >= 11 is 0. The van der Waals surface area contributed by atoms with E-state index >= 15 is 0 Å². The van der Waals surface area contributed by atoms with Crippen molar-refractivity contribution in [2.45, 2.75) is 57.0 Å². The van der Waals surface area contributed by atoms with Crippen LogP contribution in [0.15, 0.2) is 67.0 Å². The molecule has 0 spiro atoms. The highest BCUT2D eigenvalue weighted by molar-refractivity contribution is 7.54. The summed E-state index contributed by atoms with van der Waals surface area (Å²) in [6.07, 6.45) is -2.92. The summed E-state index contributed by atoms with van der Waals surface area (Å²) in [5.74, 6) is -1.09. The molecule has 1 aliphatic rings. The molecule has 2 aromatic carbocycles. The zero-order valence-corrected chi connectivity index (χ0v) is 28.4. The van der Waals surface area contributed by atoms with Crippen molar-refractivity contribution in [3.05, 3.63) is 78.1 Å². The van der Waals surface area contributed by atoms with Crippen molar-refractivity contribution in [3.8, 4) is 5.88 Å². The summed E-state index contributed by atoms with van der Waals surface area (Å²) in [6.45, 7) is 0.798. The Morgan fingerprint density at radius 3 is 2.08 bits per heavy atom. The van der Waals surface area contributed by atoms with Crippen LogP contribution in [0.2, 0.25) is 0 Å². The lowest BCUT2D eigenvalue weighted by Gasteiger charge is -2.27. The molecule has 2 aromatic heterocycles. The minimum Gasteiger partial charge on any atom is -0.479 e. The Labute approximate surface area is 287 Å². The number of nitrogens with zero attached hydrogens (tertiary/aromatic N) is 4. The molecule has 0 aliphatic carbocycles. The van der Waals surface area contributed by atoms with Crippen LogP contribution >= 0.6 is 7.67 Å². The molecule has 1 aliphatic heterocycles. The van der Waals surface area contributed by atoms with Crippen LogP contribution in [0.1, 0.15) is 37.1 Å². The van der Waals surface area contributed by atoms with Gasteiger partial charge in [0.25, 0.3) is 0 Å². The average Bonchev–Trinajstić information content (AvgIpc) is 3.62. The van der Waals surface area contributed by atoms with Crippen LogP contribution < -0.4 is 20.6 Å². The number of carbonyl (C=O) groups is 2. The van der Waals surface area contributed by atoms with Crippen molar-refractivity contribution >= 4 is 36.7 Å². The zero-order valence-electron chi connectivity index (χ0n) is 27.5. The maximum Gasteiger partial charge on any atom is 0.340 e. The molecule has 6 N–H and O–H groups in total. The lowest BCUT2D eigenvalue weighted by atomic mass is 9.96. The van der Waals surface area contributed by atoms with Gasteiger partial charge in [0.15, 0.2) is 17.4 Å². The van der Waals surface area contributed by atoms with E-state index in [2.05, 4.69) is 25.1 Å². The highest BCUT2D eigenvalue weighted by Crippen LogP contribution is 2.43. The molecule has 17 nitrogen and oxygen atoms in total. The second-order valence-corrected chi connectivity index (χ2v) is 13.6. The van der Waals surface area contributed by atoms with Crippen LogP contribution in [0.5, 0.6) is 5.88 Å². The first-order valence-corrected chi connectivity index (χ1v) is 17.4. The highest BCUT2D eigenvalue weighted by atomic mass is 31.2. The molecular weight excluding hydrogens is 673 g/mol. The van der Waals surface area contributed by atoms with Gasteiger partial charge in [-0.1, -0.05) is 60.7 Å². The highest BCUT2D eigenvalue weighted by Gasteiger charge is 2.54. The summed E-state index contributed by atoms with van der Waals surface area (Å²) < 4.78 is 42.9. The topological polar surface area (TPSA) is 231 Å². The maximum absolute atomic E-state index is 13.9. The summed E-state index contributed by atoms with van der Waals surface area (Å²) in [6, 6.07) is 18.3. The van der Waals surface area contributed by atoms with Crippen molar-refractivity contribution in [3.63, 3.8) is 0 Å². The van der Waals surface area contributed by atoms with E-state index in [1.807, 2.05) is 60.7 Å². The van der Waals surface area contributed by atoms with E-state index in [1.54, 1.807) is 0 Å². The molecule has 0 amide bonds. The van der Waals surface area contributed by atoms with Gasteiger partial charge >= 0.3 is 19.6 Å². The number of imidazole rings is 1. The van der Waals surface area contributed by atoms with Gasteiger partial charge in [-0.15, -0.1) is 0 Å². The van der Waals surface area contributed by atoms with E-state index in [0.29, 0.717) is 0 Å². The maximum atomic E-state index is 13.9. The Bertz CT molecular complexity index is 1730. The largest absolute Gasteiger partial charge is 0.479 e. The molecule has 268 valence electrons. The lowest BCUT2D eigenvalue weighted by molar-refractivity contribution is -0.145. The number of hydrogen-bond acceptors (Lipinski definition) is 14. The van der Waals surface area contributed by atoms with Crippen LogP contribution in [0.25, 0.3) is 11.2 Å². The number of hydrogen-bond donors (Lipinski definition) is 5. The molecule has 1 fully saturated rings. The van der Waals surface area contributed by atoms with Crippen molar-refractivity contribution < 1.29 is 47.8 Å². The minimum atomic E-state index is -4.00. The third kappa shape index (κ3) is 9.19. The first-order chi connectivity index (χ1) is 24.0. The summed E-state index contributed by atoms with van der Waals surface area (Å²) in [7, 11) is -2.61. The van der Waals surface area contributed by atoms with Gasteiger partial charge in [-0.05, 0) is 18.1 Å². The van der Waals surface area contributed by atoms with Gasteiger partial charge < -0.3 is 39.4 Å². The van der Waals surface area contributed by atoms with Gasteiger partial charge in [0.2, 0.25) is 11.8 Å². The Hall–Kier alpha value is -4.48. The SMILES string of the molecule is COc1nc(N)nc2c1ncn2C1O[C@H](COP(=O)(NCCC(=O)OCc2ccccc2)NCCC(=O)OCc2ccccc2)[C@@H](O)[C@@]1(C)O. The first kappa shape index (κ1) is 36.8. The number of nitrogens with one attached hydrogen (secondary N) is 2. The zero-order chi connectivity index (χ0) is 35.7. The fourth-order valence-corrected chi connectivity index (χ4v) is 6.62. The molecule has 0 bridgehead atoms. The summed E-state index contributed by atoms with van der Waals surface area (Å²) in [5.41, 5.74) is 5.98. The van der Waals surface area contributed by atoms with Crippen molar-refractivity contribution in [1.82, 2.24) is 29.7 Å². The molecule has 1 unspecified atom stereocenters. The van der Waals surface area contributed by atoms with E-state index in [4.69, 9.17) is 29.2 Å².